The molecule has 3 nitrogen and oxygen atoms in total. The first-order chi connectivity index (χ1) is 9.81. The van der Waals surface area contributed by atoms with Crippen LogP contribution in [0.5, 0.6) is 0 Å². The van der Waals surface area contributed by atoms with Crippen molar-refractivity contribution in [2.24, 2.45) is 23.7 Å². The van der Waals surface area contributed by atoms with Gasteiger partial charge in [0, 0.05) is 18.5 Å². The number of hydrogen-bond donors (Lipinski definition) is 1. The van der Waals surface area contributed by atoms with Gasteiger partial charge >= 0.3 is 0 Å². The largest absolute Gasteiger partial charge is 0.339 e. The maximum atomic E-state index is 13.0. The molecule has 1 amide bonds. The quantitative estimate of drug-likeness (QED) is 0.855. The lowest BCUT2D eigenvalue weighted by atomic mass is 9.87. The van der Waals surface area contributed by atoms with Crippen LogP contribution in [0.1, 0.15) is 51.4 Å². The molecule has 0 spiro atoms. The third-order valence-electron chi connectivity index (χ3n) is 6.24. The summed E-state index contributed by atoms with van der Waals surface area (Å²) in [4.78, 5) is 15.3. The number of amides is 1. The lowest BCUT2D eigenvalue weighted by Crippen LogP contribution is -2.44. The van der Waals surface area contributed by atoms with Gasteiger partial charge in [0.1, 0.15) is 0 Å². The summed E-state index contributed by atoms with van der Waals surface area (Å²) in [5, 5.41) is 3.44. The maximum Gasteiger partial charge on any atom is 0.226 e. The van der Waals surface area contributed by atoms with Gasteiger partial charge in [-0.1, -0.05) is 6.42 Å². The van der Waals surface area contributed by atoms with Crippen LogP contribution in [0.15, 0.2) is 0 Å². The van der Waals surface area contributed by atoms with Gasteiger partial charge in [0.25, 0.3) is 0 Å². The highest BCUT2D eigenvalue weighted by Gasteiger charge is 2.46. The molecule has 4 fully saturated rings. The molecule has 3 heteroatoms. The second kappa shape index (κ2) is 5.32. The summed E-state index contributed by atoms with van der Waals surface area (Å²) in [5.74, 6) is 3.31. The minimum absolute atomic E-state index is 0.399. The molecule has 2 bridgehead atoms. The van der Waals surface area contributed by atoms with Gasteiger partial charge in [0.15, 0.2) is 0 Å². The zero-order valence-electron chi connectivity index (χ0n) is 12.5. The lowest BCUT2D eigenvalue weighted by molar-refractivity contribution is -0.138. The van der Waals surface area contributed by atoms with Crippen molar-refractivity contribution in [3.8, 4) is 0 Å². The van der Waals surface area contributed by atoms with E-state index in [0.29, 0.717) is 17.9 Å². The number of fused-ring (bicyclic) bond motifs is 2. The minimum Gasteiger partial charge on any atom is -0.339 e. The molecular formula is C17H28N2O. The monoisotopic (exact) mass is 276 g/mol. The summed E-state index contributed by atoms with van der Waals surface area (Å²) in [6, 6.07) is 0.608. The van der Waals surface area contributed by atoms with E-state index in [-0.39, 0.29) is 0 Å². The number of carbonyl (C=O) groups excluding carboxylic acids is 1. The van der Waals surface area contributed by atoms with Gasteiger partial charge < -0.3 is 10.2 Å². The van der Waals surface area contributed by atoms with E-state index in [0.717, 1.165) is 37.4 Å². The van der Waals surface area contributed by atoms with E-state index in [1.807, 2.05) is 0 Å². The normalized spacial score (nSPS) is 37.3. The molecule has 0 radical (unpaired) electrons. The number of nitrogens with one attached hydrogen (secondary N) is 1. The van der Waals surface area contributed by atoms with Crippen LogP contribution in [-0.2, 0) is 4.79 Å². The second-order valence-corrected chi connectivity index (χ2v) is 7.70. The maximum absolute atomic E-state index is 13.0. The Kier molecular flexibility index (Phi) is 3.49. The molecule has 3 saturated carbocycles. The van der Waals surface area contributed by atoms with E-state index in [9.17, 15) is 4.79 Å². The Morgan fingerprint density at radius 2 is 1.80 bits per heavy atom. The molecule has 0 aromatic carbocycles. The summed E-state index contributed by atoms with van der Waals surface area (Å²) in [7, 11) is 0. The van der Waals surface area contributed by atoms with Gasteiger partial charge in [-0.05, 0) is 75.8 Å². The number of nitrogens with zero attached hydrogens (tertiary/aromatic N) is 1. The van der Waals surface area contributed by atoms with E-state index in [2.05, 4.69) is 10.2 Å². The zero-order valence-corrected chi connectivity index (χ0v) is 12.5. The van der Waals surface area contributed by atoms with Crippen molar-refractivity contribution >= 4 is 5.91 Å². The van der Waals surface area contributed by atoms with Crippen LogP contribution in [0.2, 0.25) is 0 Å². The molecule has 3 aliphatic carbocycles. The SMILES string of the molecule is O=C(C1CC2CCC1C2)N(CC1CCNCC1)C1CC1. The average Bonchev–Trinajstić information content (AvgIpc) is 3.11. The third kappa shape index (κ3) is 2.49. The molecule has 3 atom stereocenters. The lowest BCUT2D eigenvalue weighted by Gasteiger charge is -2.34. The van der Waals surface area contributed by atoms with E-state index in [1.54, 1.807) is 0 Å². The Balaban J connectivity index is 1.41. The number of hydrogen-bond acceptors (Lipinski definition) is 2. The van der Waals surface area contributed by atoms with Crippen molar-refractivity contribution < 1.29 is 4.79 Å². The van der Waals surface area contributed by atoms with E-state index in [1.165, 1.54) is 51.4 Å². The van der Waals surface area contributed by atoms with Gasteiger partial charge in [0.2, 0.25) is 5.91 Å². The standard InChI is InChI=1S/C17H28N2O/c20-17(16-10-13-1-2-14(16)9-13)19(15-3-4-15)11-12-5-7-18-8-6-12/h12-16,18H,1-11H2. The second-order valence-electron chi connectivity index (χ2n) is 7.70. The van der Waals surface area contributed by atoms with Crippen LogP contribution < -0.4 is 5.32 Å². The first-order valence-corrected chi connectivity index (χ1v) is 8.82. The zero-order chi connectivity index (χ0) is 13.5. The van der Waals surface area contributed by atoms with E-state index in [4.69, 9.17) is 0 Å². The number of piperidine rings is 1. The first-order valence-electron chi connectivity index (χ1n) is 8.82. The predicted octanol–water partition coefficient (Wildman–Crippen LogP) is 2.41. The number of rotatable bonds is 4. The summed E-state index contributed by atoms with van der Waals surface area (Å²) >= 11 is 0. The van der Waals surface area contributed by atoms with Crippen molar-refractivity contribution in [2.45, 2.75) is 57.4 Å². The topological polar surface area (TPSA) is 32.3 Å². The van der Waals surface area contributed by atoms with E-state index >= 15 is 0 Å². The Morgan fingerprint density at radius 1 is 1.00 bits per heavy atom. The smallest absolute Gasteiger partial charge is 0.226 e. The Morgan fingerprint density at radius 3 is 2.40 bits per heavy atom. The van der Waals surface area contributed by atoms with Crippen LogP contribution in [0.25, 0.3) is 0 Å². The van der Waals surface area contributed by atoms with Gasteiger partial charge in [0.05, 0.1) is 0 Å². The molecule has 112 valence electrons. The van der Waals surface area contributed by atoms with Crippen molar-refractivity contribution in [1.82, 2.24) is 10.2 Å². The van der Waals surface area contributed by atoms with Crippen LogP contribution in [0, 0.1) is 23.7 Å². The highest BCUT2D eigenvalue weighted by molar-refractivity contribution is 5.80. The molecule has 3 unspecified atom stereocenters. The van der Waals surface area contributed by atoms with Crippen molar-refractivity contribution in [3.63, 3.8) is 0 Å². The fourth-order valence-electron chi connectivity index (χ4n) is 4.91. The molecule has 1 saturated heterocycles. The summed E-state index contributed by atoms with van der Waals surface area (Å²) < 4.78 is 0. The van der Waals surface area contributed by atoms with Gasteiger partial charge in [-0.25, -0.2) is 0 Å². The van der Waals surface area contributed by atoms with Crippen molar-refractivity contribution in [2.75, 3.05) is 19.6 Å². The average molecular weight is 276 g/mol. The van der Waals surface area contributed by atoms with Crippen molar-refractivity contribution in [3.05, 3.63) is 0 Å². The van der Waals surface area contributed by atoms with Gasteiger partial charge in [-0.15, -0.1) is 0 Å². The molecule has 1 heterocycles. The molecular weight excluding hydrogens is 248 g/mol. The minimum atomic E-state index is 0.399. The molecule has 4 aliphatic rings. The highest BCUT2D eigenvalue weighted by Crippen LogP contribution is 2.49. The Bertz CT molecular complexity index is 373. The van der Waals surface area contributed by atoms with Crippen LogP contribution in [-0.4, -0.2) is 36.5 Å². The van der Waals surface area contributed by atoms with E-state index < -0.39 is 0 Å². The van der Waals surface area contributed by atoms with Crippen molar-refractivity contribution in [1.29, 1.82) is 0 Å². The highest BCUT2D eigenvalue weighted by atomic mass is 16.2. The predicted molar refractivity (Wildman–Crippen MR) is 79.3 cm³/mol. The fourth-order valence-corrected chi connectivity index (χ4v) is 4.91. The molecule has 20 heavy (non-hydrogen) atoms. The van der Waals surface area contributed by atoms with Gasteiger partial charge in [-0.3, -0.25) is 4.79 Å². The summed E-state index contributed by atoms with van der Waals surface area (Å²) in [5.41, 5.74) is 0. The Hall–Kier alpha value is -0.570. The summed E-state index contributed by atoms with van der Waals surface area (Å²) in [6.45, 7) is 3.34. The van der Waals surface area contributed by atoms with Crippen LogP contribution in [0.3, 0.4) is 0 Å². The fraction of sp³-hybridized carbons (Fsp3) is 0.941. The van der Waals surface area contributed by atoms with Crippen LogP contribution in [0.4, 0.5) is 0 Å². The first kappa shape index (κ1) is 13.1. The molecule has 1 aliphatic heterocycles. The molecule has 1 N–H and O–H groups in total. The molecule has 4 rings (SSSR count). The molecule has 0 aromatic rings. The van der Waals surface area contributed by atoms with Crippen LogP contribution >= 0.6 is 0 Å². The number of carbonyl (C=O) groups is 1. The van der Waals surface area contributed by atoms with Gasteiger partial charge in [-0.2, -0.15) is 0 Å². The third-order valence-corrected chi connectivity index (χ3v) is 6.24. The Labute approximate surface area is 122 Å². The summed E-state index contributed by atoms with van der Waals surface area (Å²) in [6.07, 6.45) is 10.3. The molecule has 0 aromatic heterocycles.